The van der Waals surface area contributed by atoms with E-state index in [0.717, 1.165) is 6.92 Å². The maximum atomic E-state index is 11.3. The highest BCUT2D eigenvalue weighted by Crippen LogP contribution is 2.28. The Hall–Kier alpha value is -0.690. The van der Waals surface area contributed by atoms with Crippen molar-refractivity contribution >= 4 is 23.2 Å². The van der Waals surface area contributed by atoms with Crippen LogP contribution in [0.2, 0.25) is 0 Å². The molecule has 0 aromatic rings. The normalized spacial score (nSPS) is 40.7. The summed E-state index contributed by atoms with van der Waals surface area (Å²) in [7, 11) is 0. The van der Waals surface area contributed by atoms with Crippen molar-refractivity contribution in [2.45, 2.75) is 31.0 Å². The van der Waals surface area contributed by atoms with E-state index < -0.39 is 29.8 Å². The Morgan fingerprint density at radius 2 is 2.20 bits per heavy atom. The van der Waals surface area contributed by atoms with Gasteiger partial charge in [-0.25, -0.2) is 0 Å². The van der Waals surface area contributed by atoms with Crippen LogP contribution in [0.15, 0.2) is 4.99 Å². The molecule has 0 spiro atoms. The third-order valence-electron chi connectivity index (χ3n) is 2.31. The molecule has 15 heavy (non-hydrogen) atoms. The van der Waals surface area contributed by atoms with Crippen LogP contribution in [-0.4, -0.2) is 56.9 Å². The quantitative estimate of drug-likeness (QED) is 0.396. The summed E-state index contributed by atoms with van der Waals surface area (Å²) in [6, 6.07) is 0. The van der Waals surface area contributed by atoms with Crippen molar-refractivity contribution in [2.24, 2.45) is 4.99 Å². The molecule has 3 N–H and O–H groups in total. The van der Waals surface area contributed by atoms with E-state index in [1.807, 2.05) is 5.16 Å². The zero-order chi connectivity index (χ0) is 11.6. The highest BCUT2D eigenvalue weighted by atomic mass is 32.1. The van der Waals surface area contributed by atoms with E-state index in [-0.39, 0.29) is 6.61 Å². The minimum atomic E-state index is -1.94. The lowest BCUT2D eigenvalue weighted by molar-refractivity contribution is -0.227. The van der Waals surface area contributed by atoms with Gasteiger partial charge >= 0.3 is 0 Å². The minimum absolute atomic E-state index is 0.307. The third kappa shape index (κ3) is 1.98. The maximum Gasteiger partial charge on any atom is 0.256 e. The lowest BCUT2D eigenvalue weighted by Crippen LogP contribution is -2.62. The number of nitrogens with zero attached hydrogens (tertiary/aromatic N) is 1. The number of thiocarbonyl (C=S) groups is 1. The first kappa shape index (κ1) is 12.4. The number of rotatable bonds is 2. The molecular formula is C8H11NO5S. The number of hydrogen-bond acceptors (Lipinski definition) is 7. The molecule has 0 aliphatic carbocycles. The van der Waals surface area contributed by atoms with Gasteiger partial charge in [-0.3, -0.25) is 4.79 Å². The van der Waals surface area contributed by atoms with Crippen molar-refractivity contribution in [3.05, 3.63) is 0 Å². The molecule has 0 saturated carbocycles. The Labute approximate surface area is 91.2 Å². The Balaban J connectivity index is 3.09. The van der Waals surface area contributed by atoms with Crippen molar-refractivity contribution in [3.63, 3.8) is 0 Å². The van der Waals surface area contributed by atoms with Crippen molar-refractivity contribution in [1.29, 1.82) is 0 Å². The number of ketones is 1. The second-order valence-corrected chi connectivity index (χ2v) is 3.45. The molecule has 1 heterocycles. The molecule has 1 aliphatic rings. The van der Waals surface area contributed by atoms with E-state index in [9.17, 15) is 20.1 Å². The number of aliphatic imine (C=N–C) groups is 1. The van der Waals surface area contributed by atoms with Crippen LogP contribution >= 0.6 is 12.2 Å². The molecule has 1 unspecified atom stereocenters. The fraction of sp³-hybridized carbons (Fsp3) is 0.750. The van der Waals surface area contributed by atoms with Gasteiger partial charge in [-0.05, 0) is 19.1 Å². The molecule has 7 heteroatoms. The van der Waals surface area contributed by atoms with Crippen molar-refractivity contribution in [2.75, 3.05) is 6.61 Å². The smallest absolute Gasteiger partial charge is 0.256 e. The van der Waals surface area contributed by atoms with E-state index in [2.05, 4.69) is 17.2 Å². The second-order valence-electron chi connectivity index (χ2n) is 3.27. The van der Waals surface area contributed by atoms with Gasteiger partial charge in [0.05, 0.1) is 11.8 Å². The Bertz CT molecular complexity index is 312. The van der Waals surface area contributed by atoms with Crippen LogP contribution < -0.4 is 0 Å². The largest absolute Gasteiger partial charge is 0.388 e. The van der Waals surface area contributed by atoms with Gasteiger partial charge in [0.2, 0.25) is 0 Å². The van der Waals surface area contributed by atoms with E-state index >= 15 is 0 Å². The molecular weight excluding hydrogens is 222 g/mol. The van der Waals surface area contributed by atoms with Gasteiger partial charge in [0.15, 0.2) is 5.78 Å². The van der Waals surface area contributed by atoms with Crippen LogP contribution in [0, 0.1) is 0 Å². The van der Waals surface area contributed by atoms with E-state index in [1.54, 1.807) is 0 Å². The number of hydrogen-bond donors (Lipinski definition) is 3. The molecule has 1 fully saturated rings. The zero-order valence-corrected chi connectivity index (χ0v) is 8.77. The van der Waals surface area contributed by atoms with Gasteiger partial charge in [-0.15, -0.1) is 0 Å². The molecule has 84 valence electrons. The van der Waals surface area contributed by atoms with Crippen molar-refractivity contribution < 1.29 is 24.9 Å². The topological polar surface area (TPSA) is 99.4 Å². The van der Waals surface area contributed by atoms with Gasteiger partial charge < -0.3 is 20.1 Å². The minimum Gasteiger partial charge on any atom is -0.388 e. The molecule has 0 amide bonds. The predicted molar refractivity (Wildman–Crippen MR) is 52.4 cm³/mol. The second kappa shape index (κ2) is 4.44. The summed E-state index contributed by atoms with van der Waals surface area (Å²) >= 11 is 4.34. The number of carbonyl (C=O) groups is 1. The van der Waals surface area contributed by atoms with Crippen LogP contribution in [0.1, 0.15) is 6.92 Å². The van der Waals surface area contributed by atoms with E-state index in [0.29, 0.717) is 0 Å². The van der Waals surface area contributed by atoms with Gasteiger partial charge in [-0.1, -0.05) is 0 Å². The summed E-state index contributed by atoms with van der Waals surface area (Å²) < 4.78 is 4.96. The summed E-state index contributed by atoms with van der Waals surface area (Å²) in [6.45, 7) is 0.835. The summed E-state index contributed by atoms with van der Waals surface area (Å²) in [6.07, 6.45) is -4.42. The molecule has 1 saturated heterocycles. The number of ether oxygens (including phenoxy) is 1. The lowest BCUT2D eigenvalue weighted by atomic mass is 9.92. The number of isothiocyanates is 1. The molecule has 1 aliphatic heterocycles. The van der Waals surface area contributed by atoms with Crippen LogP contribution in [0.3, 0.4) is 0 Å². The van der Waals surface area contributed by atoms with Gasteiger partial charge in [-0.2, -0.15) is 4.99 Å². The first-order chi connectivity index (χ1) is 6.95. The fourth-order valence-electron chi connectivity index (χ4n) is 1.39. The van der Waals surface area contributed by atoms with E-state index in [4.69, 9.17) is 4.74 Å². The molecule has 0 bridgehead atoms. The average molecular weight is 233 g/mol. The van der Waals surface area contributed by atoms with Crippen LogP contribution in [-0.2, 0) is 9.53 Å². The number of carbonyl (C=O) groups excluding carboxylic acids is 1. The number of Topliss-reactive ketones (excluding diaryl/α,β-unsaturated/α-hetero) is 1. The fourth-order valence-corrected chi connectivity index (χ4v) is 1.53. The van der Waals surface area contributed by atoms with Crippen molar-refractivity contribution in [1.82, 2.24) is 0 Å². The van der Waals surface area contributed by atoms with Gasteiger partial charge in [0.1, 0.15) is 18.3 Å². The molecule has 0 aromatic carbocycles. The number of aliphatic hydroxyl groups is 3. The molecule has 4 atom stereocenters. The SMILES string of the molecule is CC(=O)C1(N=C=S)OC[C@@H](O)[C@@H](O)[C@@H]1O. The highest BCUT2D eigenvalue weighted by molar-refractivity contribution is 7.78. The van der Waals surface area contributed by atoms with Gasteiger partial charge in [0, 0.05) is 0 Å². The Morgan fingerprint density at radius 1 is 1.60 bits per heavy atom. The predicted octanol–water partition coefficient (Wildman–Crippen LogP) is -1.51. The lowest BCUT2D eigenvalue weighted by Gasteiger charge is -2.40. The highest BCUT2D eigenvalue weighted by Gasteiger charge is 2.53. The average Bonchev–Trinajstić information content (AvgIpc) is 2.19. The standard InChI is InChI=1S/C8H11NO5S/c1-4(10)8(9-3-15)7(13)6(12)5(11)2-14-8/h5-7,11-13H,2H2,1H3/t5-,6-,7+,8?/m1/s1. The van der Waals surface area contributed by atoms with Crippen molar-refractivity contribution in [3.8, 4) is 0 Å². The monoisotopic (exact) mass is 233 g/mol. The Kier molecular flexibility index (Phi) is 3.67. The molecule has 6 nitrogen and oxygen atoms in total. The third-order valence-corrected chi connectivity index (χ3v) is 2.40. The number of aliphatic hydroxyl groups excluding tert-OH is 3. The molecule has 0 radical (unpaired) electrons. The summed E-state index contributed by atoms with van der Waals surface area (Å²) in [5, 5.41) is 30.2. The summed E-state index contributed by atoms with van der Waals surface area (Å²) in [5.41, 5.74) is -1.94. The Morgan fingerprint density at radius 3 is 2.67 bits per heavy atom. The summed E-state index contributed by atoms with van der Waals surface area (Å²) in [4.78, 5) is 14.8. The van der Waals surface area contributed by atoms with Crippen LogP contribution in [0.25, 0.3) is 0 Å². The first-order valence-electron chi connectivity index (χ1n) is 4.24. The zero-order valence-electron chi connectivity index (χ0n) is 7.95. The molecule has 0 aromatic heterocycles. The molecule has 1 rings (SSSR count). The van der Waals surface area contributed by atoms with Crippen LogP contribution in [0.4, 0.5) is 0 Å². The van der Waals surface area contributed by atoms with Gasteiger partial charge in [0.25, 0.3) is 5.72 Å². The van der Waals surface area contributed by atoms with Crippen LogP contribution in [0.5, 0.6) is 0 Å². The van der Waals surface area contributed by atoms with E-state index in [1.165, 1.54) is 0 Å². The first-order valence-corrected chi connectivity index (χ1v) is 4.64. The summed E-state index contributed by atoms with van der Waals surface area (Å²) in [5.74, 6) is -0.613. The maximum absolute atomic E-state index is 11.3.